The van der Waals surface area contributed by atoms with Gasteiger partial charge in [0.15, 0.2) is 0 Å². The summed E-state index contributed by atoms with van der Waals surface area (Å²) >= 11 is 0. The van der Waals surface area contributed by atoms with E-state index in [0.29, 0.717) is 13.2 Å². The minimum absolute atomic E-state index is 0.425. The number of hydrogen-bond acceptors (Lipinski definition) is 4. The van der Waals surface area contributed by atoms with Crippen LogP contribution in [0.2, 0.25) is 0 Å². The summed E-state index contributed by atoms with van der Waals surface area (Å²) in [5.74, 6) is -0.916. The van der Waals surface area contributed by atoms with E-state index in [9.17, 15) is 9.59 Å². The zero-order chi connectivity index (χ0) is 32.2. The first kappa shape index (κ1) is 41.6. The minimum Gasteiger partial charge on any atom is -0.463 e. The van der Waals surface area contributed by atoms with E-state index in [1.54, 1.807) is 0 Å². The predicted octanol–water partition coefficient (Wildman–Crippen LogP) is 12.4. The molecule has 0 N–H and O–H groups in total. The van der Waals surface area contributed by atoms with Crippen molar-refractivity contribution in [1.29, 1.82) is 0 Å². The Labute approximate surface area is 272 Å². The van der Waals surface area contributed by atoms with Gasteiger partial charge in [-0.15, -0.1) is 0 Å². The van der Waals surface area contributed by atoms with Gasteiger partial charge in [0.1, 0.15) is 0 Å². The summed E-state index contributed by atoms with van der Waals surface area (Å²) in [7, 11) is 0. The van der Waals surface area contributed by atoms with Crippen molar-refractivity contribution in [3.63, 3.8) is 0 Å². The Hall–Kier alpha value is -2.36. The molecule has 0 saturated carbocycles. The normalized spacial score (nSPS) is 10.8. The number of carbonyl (C=O) groups excluding carboxylic acids is 2. The molecule has 1 rings (SSSR count). The van der Waals surface area contributed by atoms with E-state index in [1.807, 2.05) is 36.4 Å². The van der Waals surface area contributed by atoms with Crippen LogP contribution in [0.1, 0.15) is 174 Å². The van der Waals surface area contributed by atoms with Gasteiger partial charge < -0.3 is 9.47 Å². The molecule has 0 aliphatic carbocycles. The third kappa shape index (κ3) is 32.6. The second-order valence-corrected chi connectivity index (χ2v) is 12.1. The lowest BCUT2D eigenvalue weighted by Gasteiger charge is -2.04. The Balaban J connectivity index is 0.00000198. The lowest BCUT2D eigenvalue weighted by Crippen LogP contribution is -2.06. The van der Waals surface area contributed by atoms with Gasteiger partial charge in [0.2, 0.25) is 0 Å². The molecule has 1 aromatic rings. The molecule has 0 fully saturated rings. The van der Waals surface area contributed by atoms with Crippen molar-refractivity contribution < 1.29 is 19.1 Å². The highest BCUT2D eigenvalue weighted by atomic mass is 16.5. The zero-order valence-corrected chi connectivity index (χ0v) is 28.8. The summed E-state index contributed by atoms with van der Waals surface area (Å²) in [6.45, 7) is 9.00. The molecule has 0 aliphatic rings. The lowest BCUT2D eigenvalue weighted by molar-refractivity contribution is -0.140. The first-order valence-electron chi connectivity index (χ1n) is 18.3. The molecule has 0 atom stereocenters. The zero-order valence-electron chi connectivity index (χ0n) is 28.8. The van der Waals surface area contributed by atoms with E-state index >= 15 is 0 Å². The number of unbranched alkanes of at least 4 members (excludes halogenated alkanes) is 22. The maximum absolute atomic E-state index is 11.7. The Kier molecular flexibility index (Phi) is 33.2. The monoisotopic (exact) mass is 613 g/mol. The Bertz CT molecular complexity index is 742. The van der Waals surface area contributed by atoms with Crippen LogP contribution in [0.5, 0.6) is 0 Å². The maximum Gasteiger partial charge on any atom is 0.331 e. The van der Waals surface area contributed by atoms with Gasteiger partial charge in [-0.25, -0.2) is 9.59 Å². The van der Waals surface area contributed by atoms with Crippen molar-refractivity contribution in [2.75, 3.05) is 13.2 Å². The van der Waals surface area contributed by atoms with Gasteiger partial charge in [-0.2, -0.15) is 0 Å². The van der Waals surface area contributed by atoms with E-state index in [1.165, 1.54) is 146 Å². The highest BCUT2D eigenvalue weighted by Crippen LogP contribution is 2.13. The average molecular weight is 613 g/mol. The van der Waals surface area contributed by atoms with Crippen molar-refractivity contribution in [2.45, 2.75) is 168 Å². The predicted molar refractivity (Wildman–Crippen MR) is 190 cm³/mol. The third-order valence-corrected chi connectivity index (χ3v) is 7.88. The molecule has 0 aliphatic heterocycles. The molecule has 0 unspecified atom stereocenters. The number of carbonyl (C=O) groups is 2. The van der Waals surface area contributed by atoms with Crippen molar-refractivity contribution >= 4 is 18.0 Å². The molecule has 0 saturated heterocycles. The van der Waals surface area contributed by atoms with Gasteiger partial charge in [-0.1, -0.05) is 198 Å². The highest BCUT2D eigenvalue weighted by Gasteiger charge is 2.02. The molecule has 0 aromatic heterocycles. The van der Waals surface area contributed by atoms with E-state index < -0.39 is 11.9 Å². The third-order valence-electron chi connectivity index (χ3n) is 7.88. The first-order valence-corrected chi connectivity index (χ1v) is 18.3. The molecule has 252 valence electrons. The standard InChI is InChI=1S/C32H60O4.C8H8/c1-3-5-7-9-11-13-15-17-19-21-23-25-29-35-31(33)27-28-32(34)36-30-26-24-22-20-18-16-14-12-10-8-6-4-2;1-2-8-6-4-3-5-7-8/h27-28H,3-26,29-30H2,1-2H3;2-7H,1H2. The smallest absolute Gasteiger partial charge is 0.331 e. The average Bonchev–Trinajstić information content (AvgIpc) is 3.05. The van der Waals surface area contributed by atoms with Gasteiger partial charge in [-0.05, 0) is 18.4 Å². The fourth-order valence-corrected chi connectivity index (χ4v) is 5.05. The number of benzene rings is 1. The quantitative estimate of drug-likeness (QED) is 0.0513. The molecule has 0 spiro atoms. The van der Waals surface area contributed by atoms with E-state index in [0.717, 1.165) is 25.7 Å². The van der Waals surface area contributed by atoms with Crippen LogP contribution in [0.4, 0.5) is 0 Å². The molecule has 4 nitrogen and oxygen atoms in total. The molecule has 0 radical (unpaired) electrons. The number of ether oxygens (including phenoxy) is 2. The molecular formula is C40H68O4. The SMILES string of the molecule is C=Cc1ccccc1.CCCCCCCCCCCCCCOC(=O)C=CC(=O)OCCCCCCCCCCCCCC. The van der Waals surface area contributed by atoms with Crippen molar-refractivity contribution in [1.82, 2.24) is 0 Å². The van der Waals surface area contributed by atoms with E-state index in [2.05, 4.69) is 20.4 Å². The fourth-order valence-electron chi connectivity index (χ4n) is 5.05. The minimum atomic E-state index is -0.458. The van der Waals surface area contributed by atoms with Crippen LogP contribution < -0.4 is 0 Å². The fraction of sp³-hybridized carbons (Fsp3) is 0.700. The van der Waals surface area contributed by atoms with Gasteiger partial charge in [-0.3, -0.25) is 0 Å². The summed E-state index contributed by atoms with van der Waals surface area (Å²) in [6.07, 6.45) is 34.9. The summed E-state index contributed by atoms with van der Waals surface area (Å²) in [4.78, 5) is 23.4. The van der Waals surface area contributed by atoms with Gasteiger partial charge in [0, 0.05) is 12.2 Å². The van der Waals surface area contributed by atoms with Crippen LogP contribution in [-0.2, 0) is 19.1 Å². The molecule has 44 heavy (non-hydrogen) atoms. The Morgan fingerprint density at radius 2 is 0.795 bits per heavy atom. The Morgan fingerprint density at radius 3 is 1.07 bits per heavy atom. The molecule has 0 heterocycles. The van der Waals surface area contributed by atoms with Crippen LogP contribution in [0.3, 0.4) is 0 Å². The lowest BCUT2D eigenvalue weighted by atomic mass is 10.1. The number of rotatable bonds is 29. The van der Waals surface area contributed by atoms with Crippen LogP contribution in [0.15, 0.2) is 49.1 Å². The Morgan fingerprint density at radius 1 is 0.500 bits per heavy atom. The number of esters is 2. The number of hydrogen-bond donors (Lipinski definition) is 0. The van der Waals surface area contributed by atoms with Crippen LogP contribution in [0, 0.1) is 0 Å². The molecule has 4 heteroatoms. The second-order valence-electron chi connectivity index (χ2n) is 12.1. The summed E-state index contributed by atoms with van der Waals surface area (Å²) in [5, 5.41) is 0. The second kappa shape index (κ2) is 35.1. The van der Waals surface area contributed by atoms with Crippen LogP contribution in [0.25, 0.3) is 6.08 Å². The van der Waals surface area contributed by atoms with Crippen LogP contribution >= 0.6 is 0 Å². The van der Waals surface area contributed by atoms with E-state index in [4.69, 9.17) is 9.47 Å². The molecule has 1 aromatic carbocycles. The molecule has 0 amide bonds. The van der Waals surface area contributed by atoms with Crippen molar-refractivity contribution in [2.24, 2.45) is 0 Å². The summed E-state index contributed by atoms with van der Waals surface area (Å²) < 4.78 is 10.3. The summed E-state index contributed by atoms with van der Waals surface area (Å²) in [6, 6.07) is 10.0. The van der Waals surface area contributed by atoms with Gasteiger partial charge in [0.25, 0.3) is 0 Å². The van der Waals surface area contributed by atoms with E-state index in [-0.39, 0.29) is 0 Å². The van der Waals surface area contributed by atoms with Gasteiger partial charge >= 0.3 is 11.9 Å². The largest absolute Gasteiger partial charge is 0.463 e. The van der Waals surface area contributed by atoms with Crippen LogP contribution in [-0.4, -0.2) is 25.2 Å². The molecule has 0 bridgehead atoms. The first-order chi connectivity index (χ1) is 21.6. The van der Waals surface area contributed by atoms with Crippen molar-refractivity contribution in [3.05, 3.63) is 54.6 Å². The maximum atomic E-state index is 11.7. The van der Waals surface area contributed by atoms with Crippen molar-refractivity contribution in [3.8, 4) is 0 Å². The van der Waals surface area contributed by atoms with Gasteiger partial charge in [0.05, 0.1) is 13.2 Å². The summed E-state index contributed by atoms with van der Waals surface area (Å²) in [5.41, 5.74) is 1.17. The topological polar surface area (TPSA) is 52.6 Å². The molecular weight excluding hydrogens is 544 g/mol. The highest BCUT2D eigenvalue weighted by molar-refractivity contribution is 5.91.